The Labute approximate surface area is 143 Å². The van der Waals surface area contributed by atoms with Gasteiger partial charge >= 0.3 is 0 Å². The van der Waals surface area contributed by atoms with Gasteiger partial charge in [-0.25, -0.2) is 4.98 Å². The Morgan fingerprint density at radius 2 is 1.92 bits per heavy atom. The van der Waals surface area contributed by atoms with Crippen molar-refractivity contribution >= 4 is 5.91 Å². The van der Waals surface area contributed by atoms with Gasteiger partial charge in [-0.3, -0.25) is 4.79 Å². The Balaban J connectivity index is 1.88. The van der Waals surface area contributed by atoms with Crippen molar-refractivity contribution in [3.63, 3.8) is 0 Å². The molecular formula is C19H25N3O2. The third-order valence-electron chi connectivity index (χ3n) is 3.84. The quantitative estimate of drug-likeness (QED) is 0.690. The number of unbranched alkanes of at least 4 members (excludes halogenated alkanes) is 2. The van der Waals surface area contributed by atoms with Crippen LogP contribution in [-0.4, -0.2) is 16.9 Å². The lowest BCUT2D eigenvalue weighted by Crippen LogP contribution is -2.22. The van der Waals surface area contributed by atoms with E-state index in [1.807, 2.05) is 24.3 Å². The molecule has 128 valence electrons. The van der Waals surface area contributed by atoms with E-state index in [-0.39, 0.29) is 6.04 Å². The van der Waals surface area contributed by atoms with E-state index in [0.717, 1.165) is 12.8 Å². The Morgan fingerprint density at radius 3 is 2.50 bits per heavy atom. The smallest absolute Gasteiger partial charge is 0.250 e. The zero-order valence-electron chi connectivity index (χ0n) is 14.1. The minimum absolute atomic E-state index is 0.200. The summed E-state index contributed by atoms with van der Waals surface area (Å²) in [6, 6.07) is 11.3. The molecule has 1 amide bonds. The van der Waals surface area contributed by atoms with Crippen LogP contribution in [0.3, 0.4) is 0 Å². The number of hydrogen-bond acceptors (Lipinski definition) is 4. The van der Waals surface area contributed by atoms with Crippen molar-refractivity contribution < 1.29 is 9.53 Å². The number of nitrogens with zero attached hydrogens (tertiary/aromatic N) is 1. The molecule has 0 saturated carbocycles. The van der Waals surface area contributed by atoms with E-state index in [0.29, 0.717) is 17.2 Å². The van der Waals surface area contributed by atoms with Crippen LogP contribution in [0.25, 0.3) is 0 Å². The van der Waals surface area contributed by atoms with Crippen LogP contribution in [0.2, 0.25) is 0 Å². The first-order valence-corrected chi connectivity index (χ1v) is 8.36. The first kappa shape index (κ1) is 17.9. The van der Waals surface area contributed by atoms with Crippen molar-refractivity contribution in [3.8, 4) is 11.6 Å². The Kier molecular flexibility index (Phi) is 6.75. The molecule has 1 aromatic carbocycles. The van der Waals surface area contributed by atoms with Crippen molar-refractivity contribution in [1.82, 2.24) is 4.98 Å². The number of primary amides is 1. The summed E-state index contributed by atoms with van der Waals surface area (Å²) in [5.41, 5.74) is 12.9. The fourth-order valence-corrected chi connectivity index (χ4v) is 2.46. The van der Waals surface area contributed by atoms with Gasteiger partial charge in [0.1, 0.15) is 5.75 Å². The molecule has 5 heteroatoms. The fraction of sp³-hybridized carbons (Fsp3) is 0.368. The molecule has 0 bridgehead atoms. The minimum atomic E-state index is -0.506. The van der Waals surface area contributed by atoms with Gasteiger partial charge < -0.3 is 16.2 Å². The van der Waals surface area contributed by atoms with Crippen LogP contribution in [0.1, 0.15) is 48.5 Å². The number of benzene rings is 1. The topological polar surface area (TPSA) is 91.2 Å². The van der Waals surface area contributed by atoms with Gasteiger partial charge in [-0.15, -0.1) is 0 Å². The van der Waals surface area contributed by atoms with Crippen LogP contribution < -0.4 is 16.2 Å². The van der Waals surface area contributed by atoms with Crippen LogP contribution in [-0.2, 0) is 6.42 Å². The highest BCUT2D eigenvalue weighted by molar-refractivity contribution is 5.92. The monoisotopic (exact) mass is 327 g/mol. The Bertz CT molecular complexity index is 639. The molecule has 1 heterocycles. The van der Waals surface area contributed by atoms with Gasteiger partial charge in [-0.05, 0) is 36.6 Å². The summed E-state index contributed by atoms with van der Waals surface area (Å²) in [4.78, 5) is 15.1. The highest BCUT2D eigenvalue weighted by Crippen LogP contribution is 2.20. The minimum Gasteiger partial charge on any atom is -0.439 e. The van der Waals surface area contributed by atoms with E-state index in [1.165, 1.54) is 31.0 Å². The van der Waals surface area contributed by atoms with Crippen LogP contribution in [0.4, 0.5) is 0 Å². The molecule has 0 aliphatic rings. The molecule has 0 saturated heterocycles. The maximum Gasteiger partial charge on any atom is 0.250 e. The van der Waals surface area contributed by atoms with Crippen LogP contribution in [0.5, 0.6) is 11.6 Å². The van der Waals surface area contributed by atoms with Crippen LogP contribution >= 0.6 is 0 Å². The van der Waals surface area contributed by atoms with E-state index in [9.17, 15) is 4.79 Å². The number of ether oxygens (including phenoxy) is 1. The lowest BCUT2D eigenvalue weighted by atomic mass is 10.0. The summed E-state index contributed by atoms with van der Waals surface area (Å²) >= 11 is 0. The third kappa shape index (κ3) is 5.66. The maximum absolute atomic E-state index is 11.0. The van der Waals surface area contributed by atoms with Crippen molar-refractivity contribution in [1.29, 1.82) is 0 Å². The summed E-state index contributed by atoms with van der Waals surface area (Å²) < 4.78 is 5.66. The number of carbonyl (C=O) groups excluding carboxylic acids is 1. The number of aromatic nitrogens is 1. The molecule has 5 nitrogen and oxygen atoms in total. The fourth-order valence-electron chi connectivity index (χ4n) is 2.46. The summed E-state index contributed by atoms with van der Waals surface area (Å²) in [6.07, 6.45) is 6.97. The van der Waals surface area contributed by atoms with E-state index in [1.54, 1.807) is 12.1 Å². The first-order chi connectivity index (χ1) is 11.6. The second kappa shape index (κ2) is 9.03. The molecule has 1 unspecified atom stereocenters. The van der Waals surface area contributed by atoms with Gasteiger partial charge in [0.25, 0.3) is 0 Å². The van der Waals surface area contributed by atoms with Crippen molar-refractivity contribution in [2.24, 2.45) is 11.5 Å². The second-order valence-corrected chi connectivity index (χ2v) is 5.96. The molecule has 0 spiro atoms. The van der Waals surface area contributed by atoms with Crippen molar-refractivity contribution in [3.05, 3.63) is 53.7 Å². The number of amides is 1. The SMILES string of the molecule is CCCCCC(N)Cc1ccc(Oc2ccc(C(N)=O)cn2)cc1. The Morgan fingerprint density at radius 1 is 1.17 bits per heavy atom. The van der Waals surface area contributed by atoms with E-state index < -0.39 is 5.91 Å². The molecule has 0 fully saturated rings. The molecule has 0 radical (unpaired) electrons. The average molecular weight is 327 g/mol. The molecule has 2 aromatic rings. The highest BCUT2D eigenvalue weighted by Gasteiger charge is 2.06. The lowest BCUT2D eigenvalue weighted by molar-refractivity contribution is 0.1000. The van der Waals surface area contributed by atoms with Crippen LogP contribution in [0, 0.1) is 0 Å². The van der Waals surface area contributed by atoms with E-state index in [2.05, 4.69) is 11.9 Å². The normalized spacial score (nSPS) is 11.9. The molecule has 1 atom stereocenters. The van der Waals surface area contributed by atoms with Gasteiger partial charge in [-0.2, -0.15) is 0 Å². The van der Waals surface area contributed by atoms with Crippen LogP contribution in [0.15, 0.2) is 42.6 Å². The third-order valence-corrected chi connectivity index (χ3v) is 3.84. The lowest BCUT2D eigenvalue weighted by Gasteiger charge is -2.12. The predicted octanol–water partition coefficient (Wildman–Crippen LogP) is 3.42. The molecule has 24 heavy (non-hydrogen) atoms. The first-order valence-electron chi connectivity index (χ1n) is 8.36. The van der Waals surface area contributed by atoms with Crippen molar-refractivity contribution in [2.75, 3.05) is 0 Å². The summed E-state index contributed by atoms with van der Waals surface area (Å²) in [6.45, 7) is 2.19. The molecule has 2 rings (SSSR count). The number of hydrogen-bond donors (Lipinski definition) is 2. The Hall–Kier alpha value is -2.40. The predicted molar refractivity (Wildman–Crippen MR) is 95.1 cm³/mol. The van der Waals surface area contributed by atoms with Gasteiger partial charge in [0, 0.05) is 18.3 Å². The molecule has 0 aliphatic carbocycles. The van der Waals surface area contributed by atoms with Gasteiger partial charge in [0.15, 0.2) is 0 Å². The van der Waals surface area contributed by atoms with Gasteiger partial charge in [-0.1, -0.05) is 38.3 Å². The number of carbonyl (C=O) groups is 1. The summed E-state index contributed by atoms with van der Waals surface area (Å²) in [5.74, 6) is 0.607. The molecular weight excluding hydrogens is 302 g/mol. The molecule has 0 aliphatic heterocycles. The largest absolute Gasteiger partial charge is 0.439 e. The molecule has 4 N–H and O–H groups in total. The summed E-state index contributed by atoms with van der Waals surface area (Å²) in [7, 11) is 0. The standard InChI is InChI=1S/C19H25N3O2/c1-2-3-4-5-16(20)12-14-6-9-17(10-7-14)24-18-11-8-15(13-22-18)19(21)23/h6-11,13,16H,2-5,12,20H2,1H3,(H2,21,23). The van der Waals surface area contributed by atoms with Gasteiger partial charge in [0.05, 0.1) is 5.56 Å². The second-order valence-electron chi connectivity index (χ2n) is 5.96. The molecule has 1 aromatic heterocycles. The number of nitrogens with two attached hydrogens (primary N) is 2. The average Bonchev–Trinajstić information content (AvgIpc) is 2.57. The zero-order valence-corrected chi connectivity index (χ0v) is 14.1. The number of rotatable bonds is 9. The number of pyridine rings is 1. The van der Waals surface area contributed by atoms with E-state index >= 15 is 0 Å². The van der Waals surface area contributed by atoms with Crippen molar-refractivity contribution in [2.45, 2.75) is 45.1 Å². The van der Waals surface area contributed by atoms with Gasteiger partial charge in [0.2, 0.25) is 11.8 Å². The summed E-state index contributed by atoms with van der Waals surface area (Å²) in [5, 5.41) is 0. The maximum atomic E-state index is 11.0. The van der Waals surface area contributed by atoms with E-state index in [4.69, 9.17) is 16.2 Å². The zero-order chi connectivity index (χ0) is 17.4. The highest BCUT2D eigenvalue weighted by atomic mass is 16.5.